The average molecular weight is 628 g/mol. The van der Waals surface area contributed by atoms with Crippen LogP contribution in [0.2, 0.25) is 0 Å². The average Bonchev–Trinajstić information content (AvgIpc) is 3.57. The number of hydrogen-bond donors (Lipinski definition) is 0. The van der Waals surface area contributed by atoms with Gasteiger partial charge in [-0.15, -0.1) is 0 Å². The molecule has 0 radical (unpaired) electrons. The molecule has 0 aliphatic heterocycles. The van der Waals surface area contributed by atoms with Gasteiger partial charge in [0.05, 0.1) is 11.4 Å². The van der Waals surface area contributed by atoms with Crippen LogP contribution in [0.15, 0.2) is 181 Å². The van der Waals surface area contributed by atoms with E-state index >= 15 is 0 Å². The fourth-order valence-corrected chi connectivity index (χ4v) is 6.50. The molecular weight excluding hydrogens is 599 g/mol. The van der Waals surface area contributed by atoms with Crippen molar-refractivity contribution in [3.8, 4) is 67.3 Å². The minimum absolute atomic E-state index is 0.679. The number of nitrogens with zero attached hydrogens (tertiary/aromatic N) is 3. The van der Waals surface area contributed by atoms with Gasteiger partial charge < -0.3 is 4.42 Å². The zero-order chi connectivity index (χ0) is 32.6. The van der Waals surface area contributed by atoms with Crippen LogP contribution in [0, 0.1) is 0 Å². The zero-order valence-electron chi connectivity index (χ0n) is 26.5. The van der Waals surface area contributed by atoms with Crippen molar-refractivity contribution in [3.05, 3.63) is 176 Å². The predicted molar refractivity (Wildman–Crippen MR) is 200 cm³/mol. The van der Waals surface area contributed by atoms with E-state index in [9.17, 15) is 0 Å². The van der Waals surface area contributed by atoms with Gasteiger partial charge in [0.1, 0.15) is 11.2 Å². The summed E-state index contributed by atoms with van der Waals surface area (Å²) < 4.78 is 6.16. The first-order valence-corrected chi connectivity index (χ1v) is 16.3. The van der Waals surface area contributed by atoms with Crippen LogP contribution in [0.5, 0.6) is 0 Å². The van der Waals surface area contributed by atoms with Gasteiger partial charge in [-0.05, 0) is 82.4 Å². The van der Waals surface area contributed by atoms with Crippen LogP contribution < -0.4 is 0 Å². The SMILES string of the molecule is c1ccc(-c2cc(-c3ccc4oc5ccccc5c4c3)cc(-c3cc(-c4cccc(-c5cccnc5)c4)nc(-c4ccccc4)n3)c2)cc1. The number of benzene rings is 6. The number of para-hydroxylation sites is 1. The molecule has 230 valence electrons. The van der Waals surface area contributed by atoms with Crippen molar-refractivity contribution in [3.63, 3.8) is 0 Å². The molecule has 0 bridgehead atoms. The standard InChI is InChI=1S/C45H29N3O/c1-3-11-30(12-4-1)36-24-37(33-20-21-44-40(27-33)39-18-7-8-19-43(39)49-44)26-38(25-36)42-28-41(47-45(48-42)31-13-5-2-6-14-31)34-16-9-15-32(23-34)35-17-10-22-46-29-35/h1-29H. The second-order valence-electron chi connectivity index (χ2n) is 12.1. The van der Waals surface area contributed by atoms with Crippen molar-refractivity contribution < 1.29 is 4.42 Å². The quantitative estimate of drug-likeness (QED) is 0.184. The Kier molecular flexibility index (Phi) is 7.10. The van der Waals surface area contributed by atoms with Crippen LogP contribution >= 0.6 is 0 Å². The normalized spacial score (nSPS) is 11.3. The van der Waals surface area contributed by atoms with E-state index in [-0.39, 0.29) is 0 Å². The third-order valence-electron chi connectivity index (χ3n) is 8.96. The van der Waals surface area contributed by atoms with Gasteiger partial charge in [0.2, 0.25) is 0 Å². The van der Waals surface area contributed by atoms with Crippen molar-refractivity contribution in [1.82, 2.24) is 15.0 Å². The van der Waals surface area contributed by atoms with Crippen molar-refractivity contribution in [1.29, 1.82) is 0 Å². The van der Waals surface area contributed by atoms with Crippen molar-refractivity contribution in [2.24, 2.45) is 0 Å². The van der Waals surface area contributed by atoms with Gasteiger partial charge in [-0.3, -0.25) is 4.98 Å². The van der Waals surface area contributed by atoms with E-state index in [0.717, 1.165) is 83.4 Å². The molecule has 4 heteroatoms. The Hall–Kier alpha value is -6.65. The van der Waals surface area contributed by atoms with Gasteiger partial charge in [-0.25, -0.2) is 9.97 Å². The summed E-state index contributed by atoms with van der Waals surface area (Å²) in [7, 11) is 0. The Bertz CT molecular complexity index is 2590. The third-order valence-corrected chi connectivity index (χ3v) is 8.96. The predicted octanol–water partition coefficient (Wildman–Crippen LogP) is 11.8. The molecule has 3 aromatic heterocycles. The maximum absolute atomic E-state index is 6.16. The summed E-state index contributed by atoms with van der Waals surface area (Å²) in [4.78, 5) is 14.6. The van der Waals surface area contributed by atoms with Gasteiger partial charge in [0.25, 0.3) is 0 Å². The number of fused-ring (bicyclic) bond motifs is 3. The number of furan rings is 1. The molecule has 3 heterocycles. The number of hydrogen-bond acceptors (Lipinski definition) is 4. The molecule has 0 N–H and O–H groups in total. The smallest absolute Gasteiger partial charge is 0.160 e. The van der Waals surface area contributed by atoms with Crippen LogP contribution in [0.4, 0.5) is 0 Å². The van der Waals surface area contributed by atoms with E-state index in [1.807, 2.05) is 42.6 Å². The third kappa shape index (κ3) is 5.56. The summed E-state index contributed by atoms with van der Waals surface area (Å²) in [6.45, 7) is 0. The Balaban J connectivity index is 1.25. The highest BCUT2D eigenvalue weighted by Crippen LogP contribution is 2.37. The fourth-order valence-electron chi connectivity index (χ4n) is 6.50. The lowest BCUT2D eigenvalue weighted by Gasteiger charge is -2.14. The summed E-state index contributed by atoms with van der Waals surface area (Å²) in [5.74, 6) is 0.679. The van der Waals surface area contributed by atoms with Crippen molar-refractivity contribution in [2.75, 3.05) is 0 Å². The summed E-state index contributed by atoms with van der Waals surface area (Å²) in [5, 5.41) is 2.21. The first kappa shape index (κ1) is 28.6. The largest absolute Gasteiger partial charge is 0.456 e. The molecule has 0 unspecified atom stereocenters. The van der Waals surface area contributed by atoms with E-state index in [4.69, 9.17) is 14.4 Å². The Morgan fingerprint density at radius 1 is 0.347 bits per heavy atom. The highest BCUT2D eigenvalue weighted by molar-refractivity contribution is 6.06. The Morgan fingerprint density at radius 2 is 0.939 bits per heavy atom. The Morgan fingerprint density at radius 3 is 1.73 bits per heavy atom. The van der Waals surface area contributed by atoms with E-state index in [2.05, 4.69) is 132 Å². The van der Waals surface area contributed by atoms with E-state index in [1.165, 1.54) is 0 Å². The number of rotatable bonds is 6. The topological polar surface area (TPSA) is 51.8 Å². The summed E-state index contributed by atoms with van der Waals surface area (Å²) >= 11 is 0. The van der Waals surface area contributed by atoms with Gasteiger partial charge in [0, 0.05) is 45.4 Å². The fraction of sp³-hybridized carbons (Fsp3) is 0. The molecule has 9 aromatic rings. The lowest BCUT2D eigenvalue weighted by atomic mass is 9.93. The zero-order valence-corrected chi connectivity index (χ0v) is 26.5. The minimum atomic E-state index is 0.679. The summed E-state index contributed by atoms with van der Waals surface area (Å²) in [6.07, 6.45) is 3.68. The first-order chi connectivity index (χ1) is 24.2. The highest BCUT2D eigenvalue weighted by atomic mass is 16.3. The van der Waals surface area contributed by atoms with E-state index in [0.29, 0.717) is 5.82 Å². The Labute approximate surface area is 284 Å². The lowest BCUT2D eigenvalue weighted by Crippen LogP contribution is -1.97. The monoisotopic (exact) mass is 627 g/mol. The molecule has 0 saturated carbocycles. The molecular formula is C45H29N3O. The van der Waals surface area contributed by atoms with Gasteiger partial charge in [-0.1, -0.05) is 109 Å². The van der Waals surface area contributed by atoms with Gasteiger partial charge in [0.15, 0.2) is 5.82 Å². The molecule has 6 aromatic carbocycles. The second kappa shape index (κ2) is 12.2. The number of aromatic nitrogens is 3. The lowest BCUT2D eigenvalue weighted by molar-refractivity contribution is 0.669. The summed E-state index contributed by atoms with van der Waals surface area (Å²) in [6, 6.07) is 56.7. The van der Waals surface area contributed by atoms with E-state index < -0.39 is 0 Å². The highest BCUT2D eigenvalue weighted by Gasteiger charge is 2.15. The molecule has 0 aliphatic rings. The minimum Gasteiger partial charge on any atom is -0.456 e. The van der Waals surface area contributed by atoms with Crippen LogP contribution in [0.1, 0.15) is 0 Å². The molecule has 4 nitrogen and oxygen atoms in total. The maximum atomic E-state index is 6.16. The maximum Gasteiger partial charge on any atom is 0.160 e. The molecule has 9 rings (SSSR count). The van der Waals surface area contributed by atoms with Crippen molar-refractivity contribution in [2.45, 2.75) is 0 Å². The van der Waals surface area contributed by atoms with Crippen LogP contribution in [0.25, 0.3) is 89.2 Å². The van der Waals surface area contributed by atoms with E-state index in [1.54, 1.807) is 6.20 Å². The van der Waals surface area contributed by atoms with Crippen LogP contribution in [-0.4, -0.2) is 15.0 Å². The molecule has 0 fully saturated rings. The first-order valence-electron chi connectivity index (χ1n) is 16.3. The van der Waals surface area contributed by atoms with Crippen LogP contribution in [0.3, 0.4) is 0 Å². The van der Waals surface area contributed by atoms with Gasteiger partial charge in [-0.2, -0.15) is 0 Å². The molecule has 0 aliphatic carbocycles. The van der Waals surface area contributed by atoms with Crippen LogP contribution in [-0.2, 0) is 0 Å². The molecule has 49 heavy (non-hydrogen) atoms. The summed E-state index contributed by atoms with van der Waals surface area (Å²) in [5.41, 5.74) is 13.1. The molecule has 0 spiro atoms. The van der Waals surface area contributed by atoms with Gasteiger partial charge >= 0.3 is 0 Å². The van der Waals surface area contributed by atoms with Crippen molar-refractivity contribution >= 4 is 21.9 Å². The molecule has 0 saturated heterocycles. The molecule has 0 amide bonds. The number of pyridine rings is 1. The second-order valence-corrected chi connectivity index (χ2v) is 12.1. The molecule has 0 atom stereocenters.